The first kappa shape index (κ1) is 24.7. The molecule has 0 radical (unpaired) electrons. The molecule has 1 aliphatic heterocycles. The summed E-state index contributed by atoms with van der Waals surface area (Å²) in [6.45, 7) is 10.1. The summed E-state index contributed by atoms with van der Waals surface area (Å²) in [5.41, 5.74) is 5.45. The lowest BCUT2D eigenvalue weighted by Gasteiger charge is -2.27. The lowest BCUT2D eigenvalue weighted by Crippen LogP contribution is -2.40. The van der Waals surface area contributed by atoms with Crippen molar-refractivity contribution in [2.75, 3.05) is 31.6 Å². The number of hydrogen-bond donors (Lipinski definition) is 1. The fourth-order valence-corrected chi connectivity index (χ4v) is 3.83. The second kappa shape index (κ2) is 12.3. The first-order valence-electron chi connectivity index (χ1n) is 11.3. The molecule has 0 spiro atoms. The molecular formula is C28H30N4O2. The summed E-state index contributed by atoms with van der Waals surface area (Å²) in [6.07, 6.45) is 9.53. The number of nitrogens with zero attached hydrogens (tertiary/aromatic N) is 3. The van der Waals surface area contributed by atoms with Crippen LogP contribution in [0.3, 0.4) is 0 Å². The Bertz CT molecular complexity index is 1150. The van der Waals surface area contributed by atoms with Crippen LogP contribution in [0.5, 0.6) is 0 Å². The molecule has 6 heteroatoms. The molecule has 0 aliphatic carbocycles. The first-order valence-corrected chi connectivity index (χ1v) is 11.3. The number of morpholine rings is 1. The Morgan fingerprint density at radius 2 is 2.06 bits per heavy atom. The third-order valence-electron chi connectivity index (χ3n) is 5.59. The van der Waals surface area contributed by atoms with E-state index >= 15 is 0 Å². The maximum absolute atomic E-state index is 12.8. The predicted octanol–water partition coefficient (Wildman–Crippen LogP) is 5.51. The van der Waals surface area contributed by atoms with E-state index in [4.69, 9.17) is 10.00 Å². The summed E-state index contributed by atoms with van der Waals surface area (Å²) in [5, 5.41) is 12.3. The molecule has 1 aromatic heterocycles. The number of anilines is 1. The number of ether oxygens (including phenoxy) is 1. The van der Waals surface area contributed by atoms with Gasteiger partial charge in [0.25, 0.3) is 5.91 Å². The molecule has 0 unspecified atom stereocenters. The van der Waals surface area contributed by atoms with Gasteiger partial charge in [-0.15, -0.1) is 0 Å². The third-order valence-corrected chi connectivity index (χ3v) is 5.59. The molecule has 0 atom stereocenters. The molecule has 174 valence electrons. The highest BCUT2D eigenvalue weighted by Crippen LogP contribution is 2.24. The summed E-state index contributed by atoms with van der Waals surface area (Å²) in [6, 6.07) is 13.7. The molecule has 6 nitrogen and oxygen atoms in total. The number of hydrogen-bond acceptors (Lipinski definition) is 5. The van der Waals surface area contributed by atoms with Crippen molar-refractivity contribution < 1.29 is 9.53 Å². The van der Waals surface area contributed by atoms with Crippen LogP contribution < -0.4 is 5.32 Å². The fraction of sp³-hybridized carbons (Fsp3) is 0.250. The van der Waals surface area contributed by atoms with Crippen molar-refractivity contribution in [2.24, 2.45) is 0 Å². The van der Waals surface area contributed by atoms with Crippen molar-refractivity contribution in [3.63, 3.8) is 0 Å². The minimum atomic E-state index is 0.0260. The minimum Gasteiger partial charge on any atom is -0.378 e. The molecular weight excluding hydrogens is 424 g/mol. The minimum absolute atomic E-state index is 0.0260. The smallest absolute Gasteiger partial charge is 0.254 e. The average Bonchev–Trinajstić information content (AvgIpc) is 2.88. The van der Waals surface area contributed by atoms with Gasteiger partial charge in [-0.3, -0.25) is 4.79 Å². The third kappa shape index (κ3) is 6.31. The zero-order chi connectivity index (χ0) is 24.3. The largest absolute Gasteiger partial charge is 0.378 e. The lowest BCUT2D eigenvalue weighted by molar-refractivity contribution is 0.0303. The molecule has 1 aliphatic rings. The standard InChI is InChI=1S/C28H30N4O2/c1-4-7-22(12-13-29)26(5-2)21(3)19-30-27-11-10-25(20-31-27)23-8-6-9-24(18-23)28(33)32-14-16-34-17-15-32/h4-11,18-20H,1,12,14-17H2,2-3H3,(H,30,31)/b21-19+,22-7-,26-5-. The van der Waals surface area contributed by atoms with Gasteiger partial charge in [-0.05, 0) is 60.4 Å². The monoisotopic (exact) mass is 454 g/mol. The number of benzene rings is 1. The SMILES string of the molecule is C=C\C=C(CC#N)/C(=C\C)C(/C)=C/Nc1ccc(-c2cccc(C(=O)N3CCOCC3)c2)cn1. The van der Waals surface area contributed by atoms with Gasteiger partial charge in [0.2, 0.25) is 0 Å². The summed E-state index contributed by atoms with van der Waals surface area (Å²) >= 11 is 0. The van der Waals surface area contributed by atoms with Crippen LogP contribution >= 0.6 is 0 Å². The number of carbonyl (C=O) groups is 1. The van der Waals surface area contributed by atoms with E-state index in [9.17, 15) is 4.79 Å². The van der Waals surface area contributed by atoms with E-state index in [1.165, 1.54) is 0 Å². The summed E-state index contributed by atoms with van der Waals surface area (Å²) in [4.78, 5) is 19.2. The van der Waals surface area contributed by atoms with Crippen molar-refractivity contribution >= 4 is 11.7 Å². The molecule has 2 heterocycles. The summed E-state index contributed by atoms with van der Waals surface area (Å²) in [7, 11) is 0. The van der Waals surface area contributed by atoms with Gasteiger partial charge < -0.3 is 15.0 Å². The number of rotatable bonds is 8. The van der Waals surface area contributed by atoms with E-state index in [2.05, 4.69) is 22.9 Å². The van der Waals surface area contributed by atoms with Crippen LogP contribution in [0.4, 0.5) is 5.82 Å². The molecule has 34 heavy (non-hydrogen) atoms. The normalized spacial score (nSPS) is 15.0. The molecule has 1 saturated heterocycles. The van der Waals surface area contributed by atoms with Gasteiger partial charge in [0, 0.05) is 36.6 Å². The maximum atomic E-state index is 12.8. The molecule has 1 aromatic carbocycles. The highest BCUT2D eigenvalue weighted by molar-refractivity contribution is 5.95. The molecule has 1 fully saturated rings. The zero-order valence-corrected chi connectivity index (χ0v) is 19.8. The molecule has 3 rings (SSSR count). The number of pyridine rings is 1. The van der Waals surface area contributed by atoms with Gasteiger partial charge in [0.15, 0.2) is 0 Å². The van der Waals surface area contributed by atoms with E-state index in [1.54, 1.807) is 12.3 Å². The Morgan fingerprint density at radius 1 is 1.26 bits per heavy atom. The predicted molar refractivity (Wildman–Crippen MR) is 136 cm³/mol. The van der Waals surface area contributed by atoms with E-state index in [0.29, 0.717) is 44.1 Å². The number of aromatic nitrogens is 1. The van der Waals surface area contributed by atoms with Crippen LogP contribution in [0.25, 0.3) is 11.1 Å². The number of nitrogens with one attached hydrogen (secondary N) is 1. The maximum Gasteiger partial charge on any atom is 0.254 e. The molecule has 2 aromatic rings. The topological polar surface area (TPSA) is 78.2 Å². The Hall–Kier alpha value is -3.95. The van der Waals surface area contributed by atoms with Gasteiger partial charge in [-0.1, -0.05) is 36.9 Å². The second-order valence-corrected chi connectivity index (χ2v) is 7.85. The van der Waals surface area contributed by atoms with Crippen LogP contribution in [0.15, 0.2) is 90.3 Å². The van der Waals surface area contributed by atoms with Gasteiger partial charge in [0.05, 0.1) is 25.7 Å². The Labute approximate surface area is 201 Å². The van der Waals surface area contributed by atoms with Gasteiger partial charge in [-0.25, -0.2) is 4.98 Å². The zero-order valence-electron chi connectivity index (χ0n) is 19.8. The summed E-state index contributed by atoms with van der Waals surface area (Å²) in [5.74, 6) is 0.728. The Morgan fingerprint density at radius 3 is 2.71 bits per heavy atom. The molecule has 1 N–H and O–H groups in total. The van der Waals surface area contributed by atoms with E-state index in [0.717, 1.165) is 27.8 Å². The highest BCUT2D eigenvalue weighted by Gasteiger charge is 2.18. The van der Waals surface area contributed by atoms with Gasteiger partial charge in [0.1, 0.15) is 5.82 Å². The van der Waals surface area contributed by atoms with Gasteiger partial charge in [-0.2, -0.15) is 5.26 Å². The average molecular weight is 455 g/mol. The van der Waals surface area contributed by atoms with E-state index < -0.39 is 0 Å². The second-order valence-electron chi connectivity index (χ2n) is 7.85. The Balaban J connectivity index is 1.72. The van der Waals surface area contributed by atoms with Crippen LogP contribution in [0.1, 0.15) is 30.6 Å². The number of amides is 1. The van der Waals surface area contributed by atoms with Crippen molar-refractivity contribution in [3.05, 3.63) is 95.9 Å². The number of nitriles is 1. The molecule has 0 saturated carbocycles. The van der Waals surface area contributed by atoms with Crippen molar-refractivity contribution in [2.45, 2.75) is 20.3 Å². The van der Waals surface area contributed by atoms with Gasteiger partial charge >= 0.3 is 0 Å². The van der Waals surface area contributed by atoms with Crippen LogP contribution in [-0.2, 0) is 4.74 Å². The number of carbonyl (C=O) groups excluding carboxylic acids is 1. The van der Waals surface area contributed by atoms with Crippen LogP contribution in [0, 0.1) is 11.3 Å². The lowest BCUT2D eigenvalue weighted by atomic mass is 9.96. The van der Waals surface area contributed by atoms with E-state index in [-0.39, 0.29) is 5.91 Å². The van der Waals surface area contributed by atoms with Crippen molar-refractivity contribution in [1.82, 2.24) is 9.88 Å². The van der Waals surface area contributed by atoms with Crippen molar-refractivity contribution in [3.8, 4) is 17.2 Å². The molecule has 0 bridgehead atoms. The molecule has 1 amide bonds. The summed E-state index contributed by atoms with van der Waals surface area (Å²) < 4.78 is 5.34. The number of allylic oxidation sites excluding steroid dienone is 6. The quantitative estimate of drug-likeness (QED) is 0.532. The first-order chi connectivity index (χ1) is 16.6. The van der Waals surface area contributed by atoms with Crippen LogP contribution in [0.2, 0.25) is 0 Å². The van der Waals surface area contributed by atoms with E-state index in [1.807, 2.05) is 73.5 Å². The van der Waals surface area contributed by atoms with Crippen molar-refractivity contribution in [1.29, 1.82) is 5.26 Å². The fourth-order valence-electron chi connectivity index (χ4n) is 3.83. The van der Waals surface area contributed by atoms with Crippen LogP contribution in [-0.4, -0.2) is 42.1 Å². The highest BCUT2D eigenvalue weighted by atomic mass is 16.5. The Kier molecular flexibility index (Phi) is 8.96.